The minimum Gasteiger partial charge on any atom is -0.323 e. The summed E-state index contributed by atoms with van der Waals surface area (Å²) < 4.78 is 2.73. The van der Waals surface area contributed by atoms with Gasteiger partial charge in [-0.15, -0.1) is 5.10 Å². The van der Waals surface area contributed by atoms with E-state index in [1.54, 1.807) is 10.9 Å². The molecule has 0 saturated heterocycles. The summed E-state index contributed by atoms with van der Waals surface area (Å²) in [6.07, 6.45) is 6.31. The Labute approximate surface area is 108 Å². The average Bonchev–Trinajstić information content (AvgIpc) is 2.76. The van der Waals surface area contributed by atoms with Gasteiger partial charge in [-0.1, -0.05) is 12.1 Å². The van der Waals surface area contributed by atoms with E-state index in [0.29, 0.717) is 6.54 Å². The van der Waals surface area contributed by atoms with Gasteiger partial charge in [-0.25, -0.2) is 4.68 Å². The Morgan fingerprint density at radius 1 is 1.47 bits per heavy atom. The van der Waals surface area contributed by atoms with E-state index in [0.717, 1.165) is 22.2 Å². The van der Waals surface area contributed by atoms with Gasteiger partial charge in [-0.2, -0.15) is 0 Å². The third kappa shape index (κ3) is 3.10. The highest BCUT2D eigenvalue weighted by Crippen LogP contribution is 2.12. The second-order valence-corrected chi connectivity index (χ2v) is 4.78. The van der Waals surface area contributed by atoms with Crippen molar-refractivity contribution < 1.29 is 0 Å². The Bertz CT molecular complexity index is 496. The lowest BCUT2D eigenvalue weighted by Gasteiger charge is -2.02. The highest BCUT2D eigenvalue weighted by atomic mass is 79.9. The predicted molar refractivity (Wildman–Crippen MR) is 68.3 cm³/mol. The smallest absolute Gasteiger partial charge is 0.0994 e. The molecule has 6 heteroatoms. The van der Waals surface area contributed by atoms with Crippen molar-refractivity contribution in [3.8, 4) is 0 Å². The third-order valence-corrected chi connectivity index (χ3v) is 2.92. The summed E-state index contributed by atoms with van der Waals surface area (Å²) in [5, 5.41) is 8.12. The molecule has 0 aromatic carbocycles. The monoisotopic (exact) mass is 295 g/mol. The molecule has 90 valence electrons. The molecule has 2 heterocycles. The van der Waals surface area contributed by atoms with E-state index in [1.165, 1.54) is 0 Å². The highest BCUT2D eigenvalue weighted by Gasteiger charge is 2.08. The number of aromatic nitrogens is 4. The van der Waals surface area contributed by atoms with Crippen LogP contribution >= 0.6 is 15.9 Å². The first-order valence-electron chi connectivity index (χ1n) is 5.44. The Morgan fingerprint density at radius 3 is 3.00 bits per heavy atom. The summed E-state index contributed by atoms with van der Waals surface area (Å²) in [7, 11) is 0. The van der Waals surface area contributed by atoms with Crippen LogP contribution in [0.4, 0.5) is 0 Å². The van der Waals surface area contributed by atoms with Crippen LogP contribution in [0.1, 0.15) is 30.6 Å². The zero-order valence-electron chi connectivity index (χ0n) is 9.55. The van der Waals surface area contributed by atoms with Crippen LogP contribution in [-0.4, -0.2) is 20.0 Å². The standard InChI is InChI=1S/C11H14BrN5/c1-2-10(13)11-7-17(16-15-11)6-8-3-9(12)5-14-4-8/h3-5,7,10H,2,6,13H2,1H3. The van der Waals surface area contributed by atoms with Crippen molar-refractivity contribution in [2.45, 2.75) is 25.9 Å². The van der Waals surface area contributed by atoms with E-state index < -0.39 is 0 Å². The summed E-state index contributed by atoms with van der Waals surface area (Å²) >= 11 is 3.39. The maximum Gasteiger partial charge on any atom is 0.0994 e. The fourth-order valence-corrected chi connectivity index (χ4v) is 1.91. The van der Waals surface area contributed by atoms with Gasteiger partial charge in [0.2, 0.25) is 0 Å². The number of nitrogens with two attached hydrogens (primary N) is 1. The largest absolute Gasteiger partial charge is 0.323 e. The molecule has 0 aliphatic carbocycles. The molecule has 0 radical (unpaired) electrons. The zero-order valence-corrected chi connectivity index (χ0v) is 11.1. The molecule has 1 unspecified atom stereocenters. The summed E-state index contributed by atoms with van der Waals surface area (Å²) in [5.41, 5.74) is 7.79. The van der Waals surface area contributed by atoms with E-state index in [2.05, 4.69) is 31.2 Å². The number of hydrogen-bond acceptors (Lipinski definition) is 4. The summed E-state index contributed by atoms with van der Waals surface area (Å²) in [5.74, 6) is 0. The van der Waals surface area contributed by atoms with Gasteiger partial charge in [0, 0.05) is 16.9 Å². The van der Waals surface area contributed by atoms with Crippen LogP contribution in [0.2, 0.25) is 0 Å². The van der Waals surface area contributed by atoms with Crippen LogP contribution in [0.3, 0.4) is 0 Å². The van der Waals surface area contributed by atoms with Crippen molar-refractivity contribution in [2.24, 2.45) is 5.73 Å². The minimum absolute atomic E-state index is 0.0376. The molecule has 0 bridgehead atoms. The number of pyridine rings is 1. The lowest BCUT2D eigenvalue weighted by atomic mass is 10.2. The Kier molecular flexibility index (Phi) is 3.86. The van der Waals surface area contributed by atoms with Crippen LogP contribution in [0.15, 0.2) is 29.1 Å². The Hall–Kier alpha value is -1.27. The number of rotatable bonds is 4. The van der Waals surface area contributed by atoms with Gasteiger partial charge >= 0.3 is 0 Å². The molecule has 2 aromatic rings. The van der Waals surface area contributed by atoms with Crippen molar-refractivity contribution in [1.82, 2.24) is 20.0 Å². The summed E-state index contributed by atoms with van der Waals surface area (Å²) in [6, 6.07) is 1.97. The van der Waals surface area contributed by atoms with Crippen LogP contribution in [-0.2, 0) is 6.54 Å². The van der Waals surface area contributed by atoms with Crippen molar-refractivity contribution in [3.63, 3.8) is 0 Å². The Balaban J connectivity index is 2.11. The van der Waals surface area contributed by atoms with Crippen LogP contribution in [0.5, 0.6) is 0 Å². The first-order valence-corrected chi connectivity index (χ1v) is 6.23. The predicted octanol–water partition coefficient (Wildman–Crippen LogP) is 1.89. The van der Waals surface area contributed by atoms with E-state index in [-0.39, 0.29) is 6.04 Å². The lowest BCUT2D eigenvalue weighted by Crippen LogP contribution is -2.08. The molecule has 5 nitrogen and oxygen atoms in total. The fraction of sp³-hybridized carbons (Fsp3) is 0.364. The van der Waals surface area contributed by atoms with Gasteiger partial charge in [0.15, 0.2) is 0 Å². The maximum atomic E-state index is 5.89. The molecule has 2 N–H and O–H groups in total. The van der Waals surface area contributed by atoms with Gasteiger partial charge in [-0.05, 0) is 34.0 Å². The number of halogens is 1. The second-order valence-electron chi connectivity index (χ2n) is 3.87. The van der Waals surface area contributed by atoms with E-state index in [1.807, 2.05) is 25.4 Å². The highest BCUT2D eigenvalue weighted by molar-refractivity contribution is 9.10. The topological polar surface area (TPSA) is 69.6 Å². The average molecular weight is 296 g/mol. The van der Waals surface area contributed by atoms with Crippen molar-refractivity contribution in [3.05, 3.63) is 40.4 Å². The van der Waals surface area contributed by atoms with Crippen LogP contribution in [0.25, 0.3) is 0 Å². The molecule has 0 spiro atoms. The molecular weight excluding hydrogens is 282 g/mol. The quantitative estimate of drug-likeness (QED) is 0.935. The molecule has 0 fully saturated rings. The molecule has 0 aliphatic rings. The van der Waals surface area contributed by atoms with E-state index in [9.17, 15) is 0 Å². The van der Waals surface area contributed by atoms with Crippen LogP contribution in [0, 0.1) is 0 Å². The molecule has 0 saturated carbocycles. The molecule has 1 atom stereocenters. The fourth-order valence-electron chi connectivity index (χ4n) is 1.50. The van der Waals surface area contributed by atoms with Gasteiger partial charge in [0.05, 0.1) is 24.5 Å². The molecular formula is C11H14BrN5. The first kappa shape index (κ1) is 12.2. The van der Waals surface area contributed by atoms with Gasteiger partial charge in [0.25, 0.3) is 0 Å². The van der Waals surface area contributed by atoms with Crippen molar-refractivity contribution in [1.29, 1.82) is 0 Å². The summed E-state index contributed by atoms with van der Waals surface area (Å²) in [6.45, 7) is 2.68. The number of nitrogens with zero attached hydrogens (tertiary/aromatic N) is 4. The Morgan fingerprint density at radius 2 is 2.29 bits per heavy atom. The second kappa shape index (κ2) is 5.37. The van der Waals surface area contributed by atoms with Crippen LogP contribution < -0.4 is 5.73 Å². The SMILES string of the molecule is CCC(N)c1cn(Cc2cncc(Br)c2)nn1. The lowest BCUT2D eigenvalue weighted by molar-refractivity contribution is 0.643. The molecule has 2 aromatic heterocycles. The summed E-state index contributed by atoms with van der Waals surface area (Å²) in [4.78, 5) is 4.11. The van der Waals surface area contributed by atoms with Crippen molar-refractivity contribution >= 4 is 15.9 Å². The first-order chi connectivity index (χ1) is 8.19. The van der Waals surface area contributed by atoms with Gasteiger partial charge < -0.3 is 5.73 Å². The third-order valence-electron chi connectivity index (χ3n) is 2.48. The minimum atomic E-state index is -0.0376. The maximum absolute atomic E-state index is 5.89. The molecule has 0 amide bonds. The van der Waals surface area contributed by atoms with E-state index >= 15 is 0 Å². The van der Waals surface area contributed by atoms with Gasteiger partial charge in [0.1, 0.15) is 0 Å². The number of hydrogen-bond donors (Lipinski definition) is 1. The molecule has 2 rings (SSSR count). The van der Waals surface area contributed by atoms with E-state index in [4.69, 9.17) is 5.73 Å². The van der Waals surface area contributed by atoms with Gasteiger partial charge in [-0.3, -0.25) is 4.98 Å². The zero-order chi connectivity index (χ0) is 12.3. The molecule has 0 aliphatic heterocycles. The van der Waals surface area contributed by atoms with Crippen molar-refractivity contribution in [2.75, 3.05) is 0 Å². The molecule has 17 heavy (non-hydrogen) atoms. The normalized spacial score (nSPS) is 12.6.